The van der Waals surface area contributed by atoms with Gasteiger partial charge in [-0.15, -0.1) is 0 Å². The average Bonchev–Trinajstić information content (AvgIpc) is 3.33. The minimum Gasteiger partial charge on any atom is -0.396 e. The number of aromatic amines is 1. The first-order valence-electron chi connectivity index (χ1n) is 11.5. The van der Waals surface area contributed by atoms with Gasteiger partial charge in [0.1, 0.15) is 11.5 Å². The van der Waals surface area contributed by atoms with Crippen molar-refractivity contribution in [2.45, 2.75) is 38.4 Å². The number of nitrogens with zero attached hydrogens (tertiary/aromatic N) is 2. The van der Waals surface area contributed by atoms with E-state index in [0.29, 0.717) is 17.8 Å². The molecule has 8 heteroatoms. The van der Waals surface area contributed by atoms with Gasteiger partial charge in [-0.1, -0.05) is 31.2 Å². The Morgan fingerprint density at radius 3 is 2.80 bits per heavy atom. The van der Waals surface area contributed by atoms with Gasteiger partial charge in [0.05, 0.1) is 17.0 Å². The lowest BCUT2D eigenvalue weighted by Gasteiger charge is -2.24. The summed E-state index contributed by atoms with van der Waals surface area (Å²) in [5, 5.41) is 19.7. The van der Waals surface area contributed by atoms with Crippen molar-refractivity contribution in [3.05, 3.63) is 89.7 Å². The van der Waals surface area contributed by atoms with Crippen molar-refractivity contribution >= 4 is 11.5 Å². The molecule has 2 heterocycles. The highest BCUT2D eigenvalue weighted by Gasteiger charge is 2.25. The van der Waals surface area contributed by atoms with Gasteiger partial charge in [-0.25, -0.2) is 8.78 Å². The molecule has 0 aliphatic heterocycles. The number of aromatic nitrogens is 3. The van der Waals surface area contributed by atoms with Gasteiger partial charge in [-0.3, -0.25) is 14.9 Å². The van der Waals surface area contributed by atoms with Gasteiger partial charge in [0, 0.05) is 42.9 Å². The van der Waals surface area contributed by atoms with E-state index >= 15 is 4.39 Å². The maximum absolute atomic E-state index is 15.0. The largest absolute Gasteiger partial charge is 0.396 e. The Balaban J connectivity index is 1.61. The number of hydrogen-bond donors (Lipinski definition) is 3. The molecule has 1 aromatic carbocycles. The molecule has 0 bridgehead atoms. The van der Waals surface area contributed by atoms with Crippen LogP contribution in [0.5, 0.6) is 0 Å². The second-order valence-electron chi connectivity index (χ2n) is 9.07. The zero-order chi connectivity index (χ0) is 25.0. The SMILES string of the molecule is C[C@H](CO)[C@H](Cc1ccccn1)NC(=O)c1cccc(F)c1-c1cc(C2=CCC(C)(F)C=C2)n[nH]1. The summed E-state index contributed by atoms with van der Waals surface area (Å²) in [6, 6.07) is 11.0. The van der Waals surface area contributed by atoms with Gasteiger partial charge >= 0.3 is 0 Å². The first-order valence-corrected chi connectivity index (χ1v) is 11.5. The fraction of sp³-hybridized carbons (Fsp3) is 0.296. The van der Waals surface area contributed by atoms with Crippen LogP contribution in [-0.4, -0.2) is 44.5 Å². The lowest BCUT2D eigenvalue weighted by Crippen LogP contribution is -2.42. The topological polar surface area (TPSA) is 90.9 Å². The van der Waals surface area contributed by atoms with Crippen molar-refractivity contribution in [1.82, 2.24) is 20.5 Å². The van der Waals surface area contributed by atoms with Crippen LogP contribution in [0.2, 0.25) is 0 Å². The third kappa shape index (κ3) is 5.71. The normalized spacial score (nSPS) is 19.2. The first kappa shape index (κ1) is 24.5. The number of amides is 1. The number of nitrogens with one attached hydrogen (secondary N) is 2. The summed E-state index contributed by atoms with van der Waals surface area (Å²) in [6.45, 7) is 3.20. The van der Waals surface area contributed by atoms with Crippen molar-refractivity contribution < 1.29 is 18.7 Å². The molecule has 0 saturated carbocycles. The lowest BCUT2D eigenvalue weighted by atomic mass is 9.94. The van der Waals surface area contributed by atoms with E-state index in [1.807, 2.05) is 19.1 Å². The second-order valence-corrected chi connectivity index (χ2v) is 9.07. The summed E-state index contributed by atoms with van der Waals surface area (Å²) in [6.07, 6.45) is 7.17. The Bertz CT molecular complexity index is 1250. The highest BCUT2D eigenvalue weighted by molar-refractivity contribution is 6.01. The number of rotatable bonds is 8. The Labute approximate surface area is 202 Å². The summed E-state index contributed by atoms with van der Waals surface area (Å²) in [4.78, 5) is 17.6. The second kappa shape index (κ2) is 10.3. The molecule has 1 unspecified atom stereocenters. The van der Waals surface area contributed by atoms with Crippen molar-refractivity contribution in [3.8, 4) is 11.3 Å². The van der Waals surface area contributed by atoms with Crippen LogP contribution in [0, 0.1) is 11.7 Å². The van der Waals surface area contributed by atoms with Crippen LogP contribution in [-0.2, 0) is 6.42 Å². The van der Waals surface area contributed by atoms with Crippen molar-refractivity contribution in [3.63, 3.8) is 0 Å². The van der Waals surface area contributed by atoms with Gasteiger partial charge in [-0.05, 0) is 54.8 Å². The zero-order valence-electron chi connectivity index (χ0n) is 19.6. The summed E-state index contributed by atoms with van der Waals surface area (Å²) < 4.78 is 29.1. The first-order chi connectivity index (χ1) is 16.8. The average molecular weight is 479 g/mol. The van der Waals surface area contributed by atoms with E-state index in [2.05, 4.69) is 20.5 Å². The standard InChI is InChI=1S/C27H28F2N4O2/c1-17(16-34)22(14-19-6-3-4-13-30-19)31-26(35)20-7-5-8-21(28)25(20)24-15-23(32-33-24)18-9-11-27(2,29)12-10-18/h3-11,13,15,17,22,34H,12,14,16H2,1-2H3,(H,31,35)(H,32,33)/t17-,22+,27?/m1/s1. The Morgan fingerprint density at radius 1 is 1.29 bits per heavy atom. The molecule has 1 amide bonds. The minimum absolute atomic E-state index is 0.0905. The third-order valence-electron chi connectivity index (χ3n) is 6.18. The molecule has 35 heavy (non-hydrogen) atoms. The molecule has 3 atom stereocenters. The molecule has 2 aromatic heterocycles. The van der Waals surface area contributed by atoms with Gasteiger partial charge in [0.15, 0.2) is 0 Å². The third-order valence-corrected chi connectivity index (χ3v) is 6.18. The summed E-state index contributed by atoms with van der Waals surface area (Å²) in [7, 11) is 0. The summed E-state index contributed by atoms with van der Waals surface area (Å²) in [5.41, 5.74) is 1.18. The maximum Gasteiger partial charge on any atom is 0.252 e. The number of aliphatic hydroxyl groups excluding tert-OH is 1. The van der Waals surface area contributed by atoms with Crippen molar-refractivity contribution in [2.24, 2.45) is 5.92 Å². The molecule has 1 aliphatic rings. The zero-order valence-corrected chi connectivity index (χ0v) is 19.6. The van der Waals surface area contributed by atoms with Gasteiger partial charge in [0.2, 0.25) is 0 Å². The number of hydrogen-bond acceptors (Lipinski definition) is 4. The number of alkyl halides is 1. The summed E-state index contributed by atoms with van der Waals surface area (Å²) >= 11 is 0. The van der Waals surface area contributed by atoms with E-state index in [1.54, 1.807) is 36.5 Å². The van der Waals surface area contributed by atoms with E-state index in [-0.39, 0.29) is 30.1 Å². The number of halogens is 2. The minimum atomic E-state index is -1.41. The molecule has 0 fully saturated rings. The molecule has 0 saturated heterocycles. The van der Waals surface area contributed by atoms with Crippen LogP contribution in [0.15, 0.2) is 66.9 Å². The Hall–Kier alpha value is -3.65. The van der Waals surface area contributed by atoms with Crippen molar-refractivity contribution in [2.75, 3.05) is 6.61 Å². The van der Waals surface area contributed by atoms with Crippen LogP contribution in [0.4, 0.5) is 8.78 Å². The van der Waals surface area contributed by atoms with Crippen LogP contribution >= 0.6 is 0 Å². The van der Waals surface area contributed by atoms with Crippen LogP contribution in [0.1, 0.15) is 42.0 Å². The molecule has 0 spiro atoms. The molecule has 1 aliphatic carbocycles. The van der Waals surface area contributed by atoms with Gasteiger partial charge < -0.3 is 10.4 Å². The van der Waals surface area contributed by atoms with E-state index in [0.717, 1.165) is 11.3 Å². The lowest BCUT2D eigenvalue weighted by molar-refractivity contribution is 0.0909. The molecular formula is C27H28F2N4O2. The molecular weight excluding hydrogens is 450 g/mol. The highest BCUT2D eigenvalue weighted by Crippen LogP contribution is 2.32. The molecule has 0 radical (unpaired) electrons. The predicted octanol–water partition coefficient (Wildman–Crippen LogP) is 4.65. The fourth-order valence-corrected chi connectivity index (χ4v) is 4.00. The van der Waals surface area contributed by atoms with E-state index in [1.165, 1.54) is 25.1 Å². The Kier molecular flexibility index (Phi) is 7.21. The monoisotopic (exact) mass is 478 g/mol. The van der Waals surface area contributed by atoms with E-state index < -0.39 is 23.4 Å². The predicted molar refractivity (Wildman–Crippen MR) is 131 cm³/mol. The highest BCUT2D eigenvalue weighted by atomic mass is 19.1. The van der Waals surface area contributed by atoms with E-state index in [9.17, 15) is 14.3 Å². The summed E-state index contributed by atoms with van der Waals surface area (Å²) in [5.74, 6) is -1.29. The van der Waals surface area contributed by atoms with Crippen LogP contribution < -0.4 is 5.32 Å². The number of aliphatic hydroxyl groups is 1. The number of allylic oxidation sites excluding steroid dienone is 4. The van der Waals surface area contributed by atoms with Gasteiger partial charge in [-0.2, -0.15) is 5.10 Å². The van der Waals surface area contributed by atoms with Crippen molar-refractivity contribution in [1.29, 1.82) is 0 Å². The molecule has 3 N–H and O–H groups in total. The molecule has 6 nitrogen and oxygen atoms in total. The number of benzene rings is 1. The maximum atomic E-state index is 15.0. The van der Waals surface area contributed by atoms with Crippen LogP contribution in [0.3, 0.4) is 0 Å². The number of pyridine rings is 1. The molecule has 3 aromatic rings. The molecule has 182 valence electrons. The number of carbonyl (C=O) groups is 1. The fourth-order valence-electron chi connectivity index (χ4n) is 4.00. The molecule has 4 rings (SSSR count). The smallest absolute Gasteiger partial charge is 0.252 e. The van der Waals surface area contributed by atoms with Crippen LogP contribution in [0.25, 0.3) is 16.8 Å². The quantitative estimate of drug-likeness (QED) is 0.440. The van der Waals surface area contributed by atoms with Gasteiger partial charge in [0.25, 0.3) is 5.91 Å². The number of carbonyl (C=O) groups excluding carboxylic acids is 1. The number of H-pyrrole nitrogens is 1. The van der Waals surface area contributed by atoms with E-state index in [4.69, 9.17) is 0 Å². The Morgan fingerprint density at radius 2 is 2.11 bits per heavy atom.